The molecule has 1 saturated carbocycles. The molecule has 9 heteroatoms. The summed E-state index contributed by atoms with van der Waals surface area (Å²) in [5, 5.41) is 12.2. The second kappa shape index (κ2) is 11.3. The number of fused-ring (bicyclic) bond motifs is 1. The highest BCUT2D eigenvalue weighted by Gasteiger charge is 2.31. The number of hydrogen-bond acceptors (Lipinski definition) is 5. The predicted molar refractivity (Wildman–Crippen MR) is 139 cm³/mol. The number of nitrogens with zero attached hydrogens (tertiary/aromatic N) is 3. The zero-order valence-corrected chi connectivity index (χ0v) is 21.7. The van der Waals surface area contributed by atoms with Gasteiger partial charge in [-0.25, -0.2) is 9.19 Å². The van der Waals surface area contributed by atoms with Crippen LogP contribution < -0.4 is 5.32 Å². The second-order valence-electron chi connectivity index (χ2n) is 9.61. The van der Waals surface area contributed by atoms with Crippen molar-refractivity contribution in [3.05, 3.63) is 52.7 Å². The van der Waals surface area contributed by atoms with Crippen molar-refractivity contribution in [1.29, 1.82) is 5.26 Å². The Labute approximate surface area is 214 Å². The minimum absolute atomic E-state index is 0.202. The number of nitrogens with one attached hydrogen (secondary N) is 1. The van der Waals surface area contributed by atoms with Crippen LogP contribution in [0.2, 0.25) is 0 Å². The lowest BCUT2D eigenvalue weighted by Crippen LogP contribution is -2.27. The van der Waals surface area contributed by atoms with Crippen molar-refractivity contribution in [2.45, 2.75) is 58.4 Å². The third kappa shape index (κ3) is 5.84. The van der Waals surface area contributed by atoms with Gasteiger partial charge in [0.15, 0.2) is 0 Å². The van der Waals surface area contributed by atoms with Crippen LogP contribution in [-0.4, -0.2) is 37.6 Å². The van der Waals surface area contributed by atoms with Gasteiger partial charge in [0.2, 0.25) is 17.0 Å². The topological polar surface area (TPSA) is 119 Å². The summed E-state index contributed by atoms with van der Waals surface area (Å²) >= 11 is -2.16. The maximum Gasteiger partial charge on any atom is 0.255 e. The monoisotopic (exact) mass is 508 g/mol. The summed E-state index contributed by atoms with van der Waals surface area (Å²) in [6.45, 7) is 4.63. The highest BCUT2D eigenvalue weighted by atomic mass is 32.2. The van der Waals surface area contributed by atoms with Gasteiger partial charge in [0.1, 0.15) is 5.76 Å². The van der Waals surface area contributed by atoms with E-state index in [9.17, 15) is 13.6 Å². The van der Waals surface area contributed by atoms with E-state index in [1.165, 1.54) is 4.31 Å². The third-order valence-corrected chi connectivity index (χ3v) is 7.42. The van der Waals surface area contributed by atoms with Crippen molar-refractivity contribution in [2.75, 3.05) is 13.6 Å². The first-order valence-corrected chi connectivity index (χ1v) is 13.4. The summed E-state index contributed by atoms with van der Waals surface area (Å²) in [5.74, 6) is 0.777. The molecule has 2 aromatic heterocycles. The maximum atomic E-state index is 12.9. The Balaban J connectivity index is 1.71. The molecular weight excluding hydrogens is 476 g/mol. The molecule has 4 rings (SSSR count). The van der Waals surface area contributed by atoms with Gasteiger partial charge >= 0.3 is 0 Å². The molecule has 0 bridgehead atoms. The third-order valence-electron chi connectivity index (χ3n) is 6.67. The van der Waals surface area contributed by atoms with Gasteiger partial charge in [0, 0.05) is 25.6 Å². The normalized spacial score (nSPS) is 15.1. The SMILES string of the molecule is CNC(=O)c1c(-c2ccc(C)cc2)oc2nc(CN(CCCC(C)CC#N)S(=O)O)c(C3CC3)cc12. The van der Waals surface area contributed by atoms with Gasteiger partial charge in [0.05, 0.1) is 29.3 Å². The number of benzene rings is 1. The molecule has 1 aromatic carbocycles. The minimum Gasteiger partial charge on any atom is -0.437 e. The molecule has 1 amide bonds. The van der Waals surface area contributed by atoms with Crippen LogP contribution in [0.3, 0.4) is 0 Å². The zero-order valence-electron chi connectivity index (χ0n) is 20.9. The summed E-state index contributed by atoms with van der Waals surface area (Å²) in [4.78, 5) is 17.7. The van der Waals surface area contributed by atoms with Gasteiger partial charge in [-0.3, -0.25) is 9.35 Å². The van der Waals surface area contributed by atoms with E-state index >= 15 is 0 Å². The molecule has 1 aliphatic carbocycles. The number of rotatable bonds is 11. The lowest BCUT2D eigenvalue weighted by molar-refractivity contribution is 0.0964. The molecule has 0 aliphatic heterocycles. The van der Waals surface area contributed by atoms with Crippen LogP contribution in [0.15, 0.2) is 34.7 Å². The molecular formula is C27H32N4O4S. The van der Waals surface area contributed by atoms with Crippen LogP contribution in [-0.2, 0) is 17.8 Å². The standard InChI is InChI=1S/C27H32N4O4S/c1-17(12-13-28)5-4-14-31(36(33)34)16-23-21(19-10-11-19)15-22-24(26(32)29-3)25(35-27(22)30-23)20-8-6-18(2)7-9-20/h6-9,15,17,19H,4-5,10-12,14,16H2,1-3H3,(H,29,32)(H,33,34). The van der Waals surface area contributed by atoms with Gasteiger partial charge in [-0.2, -0.15) is 9.57 Å². The molecule has 1 fully saturated rings. The van der Waals surface area contributed by atoms with E-state index < -0.39 is 11.3 Å². The summed E-state index contributed by atoms with van der Waals surface area (Å²) in [5.41, 5.74) is 4.38. The fourth-order valence-electron chi connectivity index (χ4n) is 4.46. The second-order valence-corrected chi connectivity index (χ2v) is 10.6. The number of carbonyl (C=O) groups is 1. The first kappa shape index (κ1) is 26.0. The zero-order chi connectivity index (χ0) is 25.8. The smallest absolute Gasteiger partial charge is 0.255 e. The molecule has 0 spiro atoms. The van der Waals surface area contributed by atoms with Gasteiger partial charge in [-0.05, 0) is 56.1 Å². The van der Waals surface area contributed by atoms with Crippen LogP contribution in [0.25, 0.3) is 22.4 Å². The Morgan fingerprint density at radius 3 is 2.69 bits per heavy atom. The van der Waals surface area contributed by atoms with Gasteiger partial charge in [-0.1, -0.05) is 36.8 Å². The first-order chi connectivity index (χ1) is 17.3. The molecule has 0 radical (unpaired) electrons. The van der Waals surface area contributed by atoms with Crippen molar-refractivity contribution in [2.24, 2.45) is 5.92 Å². The molecule has 2 N–H and O–H groups in total. The van der Waals surface area contributed by atoms with Crippen LogP contribution in [0.1, 0.15) is 72.1 Å². The number of nitriles is 1. The van der Waals surface area contributed by atoms with E-state index in [2.05, 4.69) is 11.4 Å². The van der Waals surface area contributed by atoms with Crippen molar-refractivity contribution in [1.82, 2.24) is 14.6 Å². The number of aromatic nitrogens is 1. The molecule has 3 aromatic rings. The molecule has 36 heavy (non-hydrogen) atoms. The molecule has 190 valence electrons. The van der Waals surface area contributed by atoms with Crippen LogP contribution in [0.4, 0.5) is 0 Å². The number of pyridine rings is 1. The average Bonchev–Trinajstić information content (AvgIpc) is 3.63. The van der Waals surface area contributed by atoms with Crippen LogP contribution in [0.5, 0.6) is 0 Å². The first-order valence-electron chi connectivity index (χ1n) is 12.3. The van der Waals surface area contributed by atoms with Gasteiger partial charge in [0.25, 0.3) is 5.91 Å². The molecule has 0 saturated heterocycles. The lowest BCUT2D eigenvalue weighted by atomic mass is 10.0. The fraction of sp³-hybridized carbons (Fsp3) is 0.444. The van der Waals surface area contributed by atoms with Crippen molar-refractivity contribution >= 4 is 28.3 Å². The van der Waals surface area contributed by atoms with E-state index in [-0.39, 0.29) is 18.4 Å². The molecule has 8 nitrogen and oxygen atoms in total. The highest BCUT2D eigenvalue weighted by molar-refractivity contribution is 7.76. The van der Waals surface area contributed by atoms with E-state index in [0.717, 1.165) is 36.0 Å². The summed E-state index contributed by atoms with van der Waals surface area (Å²) in [6.07, 6.45) is 4.02. The molecule has 2 unspecified atom stereocenters. The van der Waals surface area contributed by atoms with Crippen LogP contribution >= 0.6 is 0 Å². The molecule has 2 heterocycles. The average molecular weight is 509 g/mol. The predicted octanol–water partition coefficient (Wildman–Crippen LogP) is 5.31. The van der Waals surface area contributed by atoms with E-state index in [1.807, 2.05) is 44.2 Å². The number of hydrogen-bond donors (Lipinski definition) is 2. The number of aryl methyl sites for hydroxylation is 1. The molecule has 2 atom stereocenters. The minimum atomic E-state index is -2.16. The van der Waals surface area contributed by atoms with Crippen molar-refractivity contribution < 1.29 is 18.0 Å². The van der Waals surface area contributed by atoms with E-state index in [1.54, 1.807) is 7.05 Å². The summed E-state index contributed by atoms with van der Waals surface area (Å²) in [7, 11) is 1.59. The largest absolute Gasteiger partial charge is 0.437 e. The van der Waals surface area contributed by atoms with Gasteiger partial charge in [-0.15, -0.1) is 0 Å². The highest BCUT2D eigenvalue weighted by Crippen LogP contribution is 2.44. The quantitative estimate of drug-likeness (QED) is 0.339. The van der Waals surface area contributed by atoms with Crippen LogP contribution in [0, 0.1) is 24.2 Å². The van der Waals surface area contributed by atoms with E-state index in [4.69, 9.17) is 14.7 Å². The summed E-state index contributed by atoms with van der Waals surface area (Å²) in [6, 6.07) is 11.9. The van der Waals surface area contributed by atoms with Crippen molar-refractivity contribution in [3.8, 4) is 17.4 Å². The summed E-state index contributed by atoms with van der Waals surface area (Å²) < 4.78 is 29.8. The Kier molecular flexibility index (Phi) is 8.19. The maximum absolute atomic E-state index is 12.9. The van der Waals surface area contributed by atoms with E-state index in [0.29, 0.717) is 53.4 Å². The Hall–Kier alpha value is -3.06. The molecule has 1 aliphatic rings. The Morgan fingerprint density at radius 2 is 2.08 bits per heavy atom. The fourth-order valence-corrected chi connectivity index (χ4v) is 4.98. The van der Waals surface area contributed by atoms with Gasteiger partial charge < -0.3 is 9.73 Å². The number of carbonyl (C=O) groups excluding carboxylic acids is 1. The Bertz CT molecular complexity index is 1310. The number of amides is 1. The lowest BCUT2D eigenvalue weighted by Gasteiger charge is -2.19. The van der Waals surface area contributed by atoms with Crippen molar-refractivity contribution in [3.63, 3.8) is 0 Å². The Morgan fingerprint density at radius 1 is 1.36 bits per heavy atom. The number of furan rings is 1.